The number of ether oxygens (including phenoxy) is 1. The molecule has 0 aromatic carbocycles. The van der Waals surface area contributed by atoms with E-state index in [0.717, 1.165) is 28.4 Å². The molecule has 0 bridgehead atoms. The number of aromatic nitrogens is 2. The summed E-state index contributed by atoms with van der Waals surface area (Å²) >= 11 is 3.62. The van der Waals surface area contributed by atoms with Crippen LogP contribution in [-0.2, 0) is 4.74 Å². The van der Waals surface area contributed by atoms with Gasteiger partial charge in [-0.2, -0.15) is 0 Å². The molecule has 0 aliphatic heterocycles. The molecule has 1 fully saturated rings. The van der Waals surface area contributed by atoms with Crippen molar-refractivity contribution in [1.29, 1.82) is 0 Å². The number of halogens is 1. The fourth-order valence-electron chi connectivity index (χ4n) is 1.90. The van der Waals surface area contributed by atoms with Crippen molar-refractivity contribution >= 4 is 21.7 Å². The van der Waals surface area contributed by atoms with Gasteiger partial charge in [0, 0.05) is 19.1 Å². The van der Waals surface area contributed by atoms with Crippen LogP contribution in [0.15, 0.2) is 4.47 Å². The maximum absolute atomic E-state index is 5.59. The van der Waals surface area contributed by atoms with Crippen LogP contribution in [0.4, 0.5) is 5.82 Å². The molecule has 1 aliphatic carbocycles. The van der Waals surface area contributed by atoms with Crippen molar-refractivity contribution in [2.45, 2.75) is 45.6 Å². The standard InChI is InChI=1S/C13H20BrN3O/c1-4-15-13-10(14)11(9-6-7-9)16-12(17-13)8(3)18-5-2/h8-9H,4-7H2,1-3H3,(H,15,16,17). The van der Waals surface area contributed by atoms with Crippen molar-refractivity contribution < 1.29 is 4.74 Å². The molecule has 1 aromatic heterocycles. The number of hydrogen-bond donors (Lipinski definition) is 1. The zero-order valence-corrected chi connectivity index (χ0v) is 12.7. The topological polar surface area (TPSA) is 47.0 Å². The van der Waals surface area contributed by atoms with Gasteiger partial charge in [-0.3, -0.25) is 0 Å². The summed E-state index contributed by atoms with van der Waals surface area (Å²) in [5, 5.41) is 3.28. The van der Waals surface area contributed by atoms with Crippen LogP contribution in [0.5, 0.6) is 0 Å². The second-order valence-electron chi connectivity index (χ2n) is 4.53. The average Bonchev–Trinajstić information content (AvgIpc) is 3.16. The molecule has 1 saturated carbocycles. The van der Waals surface area contributed by atoms with Crippen molar-refractivity contribution in [3.8, 4) is 0 Å². The third kappa shape index (κ3) is 3.01. The van der Waals surface area contributed by atoms with Gasteiger partial charge in [0.1, 0.15) is 11.9 Å². The summed E-state index contributed by atoms with van der Waals surface area (Å²) in [6, 6.07) is 0. The van der Waals surface area contributed by atoms with Gasteiger partial charge in [-0.05, 0) is 49.5 Å². The van der Waals surface area contributed by atoms with E-state index in [0.29, 0.717) is 12.5 Å². The smallest absolute Gasteiger partial charge is 0.159 e. The van der Waals surface area contributed by atoms with Crippen molar-refractivity contribution in [3.05, 3.63) is 16.0 Å². The lowest BCUT2D eigenvalue weighted by atomic mass is 10.2. The summed E-state index contributed by atoms with van der Waals surface area (Å²) < 4.78 is 6.60. The zero-order chi connectivity index (χ0) is 13.1. The predicted molar refractivity (Wildman–Crippen MR) is 75.9 cm³/mol. The van der Waals surface area contributed by atoms with Gasteiger partial charge in [0.15, 0.2) is 5.82 Å². The molecule has 0 spiro atoms. The monoisotopic (exact) mass is 313 g/mol. The molecule has 0 radical (unpaired) electrons. The lowest BCUT2D eigenvalue weighted by Crippen LogP contribution is -2.11. The Hall–Kier alpha value is -0.680. The molecule has 1 aliphatic rings. The number of anilines is 1. The highest BCUT2D eigenvalue weighted by molar-refractivity contribution is 9.10. The average molecular weight is 314 g/mol. The minimum Gasteiger partial charge on any atom is -0.371 e. The molecule has 4 nitrogen and oxygen atoms in total. The number of nitrogens with zero attached hydrogens (tertiary/aromatic N) is 2. The highest BCUT2D eigenvalue weighted by Gasteiger charge is 2.30. The van der Waals surface area contributed by atoms with Crippen molar-refractivity contribution in [2.75, 3.05) is 18.5 Å². The van der Waals surface area contributed by atoms with Crippen LogP contribution in [0.3, 0.4) is 0 Å². The maximum atomic E-state index is 5.59. The van der Waals surface area contributed by atoms with E-state index in [2.05, 4.69) is 38.1 Å². The van der Waals surface area contributed by atoms with Gasteiger partial charge in [0.2, 0.25) is 0 Å². The molecule has 100 valence electrons. The molecule has 18 heavy (non-hydrogen) atoms. The molecule has 1 heterocycles. The first-order valence-corrected chi connectivity index (χ1v) is 7.39. The summed E-state index contributed by atoms with van der Waals surface area (Å²) in [7, 11) is 0. The fraction of sp³-hybridized carbons (Fsp3) is 0.692. The number of rotatable bonds is 6. The van der Waals surface area contributed by atoms with Crippen LogP contribution in [0.2, 0.25) is 0 Å². The van der Waals surface area contributed by atoms with E-state index >= 15 is 0 Å². The van der Waals surface area contributed by atoms with Crippen LogP contribution < -0.4 is 5.32 Å². The first-order valence-electron chi connectivity index (χ1n) is 6.60. The SMILES string of the molecule is CCNc1nc(C(C)OCC)nc(C2CC2)c1Br. The summed E-state index contributed by atoms with van der Waals surface area (Å²) in [6.07, 6.45) is 2.39. The highest BCUT2D eigenvalue weighted by Crippen LogP contribution is 2.44. The van der Waals surface area contributed by atoms with Crippen molar-refractivity contribution in [1.82, 2.24) is 9.97 Å². The fourth-order valence-corrected chi connectivity index (χ4v) is 2.54. The Kier molecular flexibility index (Phi) is 4.56. The summed E-state index contributed by atoms with van der Waals surface area (Å²) in [4.78, 5) is 9.23. The molecule has 0 saturated heterocycles. The summed E-state index contributed by atoms with van der Waals surface area (Å²) in [5.41, 5.74) is 1.13. The molecule has 1 aromatic rings. The van der Waals surface area contributed by atoms with Crippen LogP contribution in [-0.4, -0.2) is 23.1 Å². The van der Waals surface area contributed by atoms with E-state index in [-0.39, 0.29) is 6.10 Å². The quantitative estimate of drug-likeness (QED) is 0.871. The van der Waals surface area contributed by atoms with Crippen molar-refractivity contribution in [3.63, 3.8) is 0 Å². The van der Waals surface area contributed by atoms with Gasteiger partial charge in [-0.25, -0.2) is 9.97 Å². The Labute approximate surface area is 117 Å². The first kappa shape index (κ1) is 13.7. The van der Waals surface area contributed by atoms with Gasteiger partial charge in [-0.1, -0.05) is 0 Å². The van der Waals surface area contributed by atoms with E-state index in [1.807, 2.05) is 13.8 Å². The summed E-state index contributed by atoms with van der Waals surface area (Å²) in [6.45, 7) is 7.58. The largest absolute Gasteiger partial charge is 0.371 e. The van der Waals surface area contributed by atoms with Gasteiger partial charge in [0.05, 0.1) is 10.2 Å². The van der Waals surface area contributed by atoms with E-state index < -0.39 is 0 Å². The van der Waals surface area contributed by atoms with Gasteiger partial charge < -0.3 is 10.1 Å². The van der Waals surface area contributed by atoms with E-state index in [1.165, 1.54) is 12.8 Å². The Balaban J connectivity index is 2.34. The van der Waals surface area contributed by atoms with Gasteiger partial charge in [0.25, 0.3) is 0 Å². The second kappa shape index (κ2) is 5.97. The highest BCUT2D eigenvalue weighted by atomic mass is 79.9. The van der Waals surface area contributed by atoms with Crippen molar-refractivity contribution in [2.24, 2.45) is 0 Å². The van der Waals surface area contributed by atoms with Crippen LogP contribution in [0, 0.1) is 0 Å². The molecule has 1 N–H and O–H groups in total. The molecule has 2 rings (SSSR count). The minimum absolute atomic E-state index is 0.0574. The lowest BCUT2D eigenvalue weighted by Gasteiger charge is -2.15. The minimum atomic E-state index is -0.0574. The molecule has 1 unspecified atom stereocenters. The molecule has 0 amide bonds. The van der Waals surface area contributed by atoms with Gasteiger partial charge >= 0.3 is 0 Å². The van der Waals surface area contributed by atoms with Crippen LogP contribution in [0.1, 0.15) is 57.2 Å². The van der Waals surface area contributed by atoms with E-state index in [4.69, 9.17) is 4.74 Å². The number of hydrogen-bond acceptors (Lipinski definition) is 4. The summed E-state index contributed by atoms with van der Waals surface area (Å²) in [5.74, 6) is 2.25. The van der Waals surface area contributed by atoms with E-state index in [1.54, 1.807) is 0 Å². The molecular formula is C13H20BrN3O. The molecular weight excluding hydrogens is 294 g/mol. The Bertz CT molecular complexity index is 421. The zero-order valence-electron chi connectivity index (χ0n) is 11.2. The second-order valence-corrected chi connectivity index (χ2v) is 5.32. The third-order valence-electron chi connectivity index (χ3n) is 2.98. The normalized spacial score (nSPS) is 16.7. The predicted octanol–water partition coefficient (Wildman–Crippen LogP) is 3.65. The first-order chi connectivity index (χ1) is 8.67. The van der Waals surface area contributed by atoms with Crippen LogP contribution >= 0.6 is 15.9 Å². The van der Waals surface area contributed by atoms with E-state index in [9.17, 15) is 0 Å². The third-order valence-corrected chi connectivity index (χ3v) is 3.76. The lowest BCUT2D eigenvalue weighted by molar-refractivity contribution is 0.0699. The van der Waals surface area contributed by atoms with Crippen LogP contribution in [0.25, 0.3) is 0 Å². The molecule has 5 heteroatoms. The maximum Gasteiger partial charge on any atom is 0.159 e. The Morgan fingerprint density at radius 3 is 2.67 bits per heavy atom. The Morgan fingerprint density at radius 2 is 2.11 bits per heavy atom. The Morgan fingerprint density at radius 1 is 1.39 bits per heavy atom. The van der Waals surface area contributed by atoms with Gasteiger partial charge in [-0.15, -0.1) is 0 Å². The molecule has 1 atom stereocenters. The number of nitrogens with one attached hydrogen (secondary N) is 1.